The zero-order valence-electron chi connectivity index (χ0n) is 15.0. The number of hydrogen-bond donors (Lipinski definition) is 0. The van der Waals surface area contributed by atoms with Gasteiger partial charge in [-0.3, -0.25) is 4.79 Å². The molecule has 1 aromatic carbocycles. The van der Waals surface area contributed by atoms with Gasteiger partial charge in [0, 0.05) is 12.1 Å². The number of allylic oxidation sites excluding steroid dienone is 5. The number of amides is 1. The van der Waals surface area contributed by atoms with Crippen LogP contribution >= 0.6 is 0 Å². The molecule has 0 fully saturated rings. The van der Waals surface area contributed by atoms with Crippen molar-refractivity contribution in [2.24, 2.45) is 0 Å². The first kappa shape index (κ1) is 19.4. The van der Waals surface area contributed by atoms with Gasteiger partial charge in [-0.15, -0.1) is 6.08 Å². The van der Waals surface area contributed by atoms with Crippen LogP contribution < -0.4 is 4.74 Å². The maximum absolute atomic E-state index is 12.8. The van der Waals surface area contributed by atoms with Crippen LogP contribution in [0, 0.1) is 6.42 Å². The number of benzene rings is 1. The number of ether oxygens (including phenoxy) is 1. The molecule has 0 heterocycles. The van der Waals surface area contributed by atoms with E-state index in [0.29, 0.717) is 12.1 Å². The topological polar surface area (TPSA) is 29.5 Å². The van der Waals surface area contributed by atoms with Crippen molar-refractivity contribution in [1.29, 1.82) is 0 Å². The first-order valence-electron chi connectivity index (χ1n) is 7.93. The second-order valence-electron chi connectivity index (χ2n) is 5.23. The lowest BCUT2D eigenvalue weighted by atomic mass is 10.1. The van der Waals surface area contributed by atoms with Crippen molar-refractivity contribution in [3.63, 3.8) is 0 Å². The van der Waals surface area contributed by atoms with Crippen LogP contribution in [0.2, 0.25) is 0 Å². The van der Waals surface area contributed by atoms with E-state index >= 15 is 0 Å². The Kier molecular flexibility index (Phi) is 8.20. The average molecular weight is 324 g/mol. The third-order valence-electron chi connectivity index (χ3n) is 3.57. The normalized spacial score (nSPS) is 12.2. The molecule has 0 saturated carbocycles. The molecule has 1 rings (SSSR count). The molecule has 1 aromatic rings. The molecule has 0 aliphatic heterocycles. The molecule has 0 spiro atoms. The smallest absolute Gasteiger partial charge is 0.242 e. The Morgan fingerprint density at radius 3 is 2.46 bits per heavy atom. The van der Waals surface area contributed by atoms with E-state index in [-0.39, 0.29) is 5.91 Å². The quantitative estimate of drug-likeness (QED) is 0.389. The fraction of sp³-hybridized carbons (Fsp3) is 0.238. The van der Waals surface area contributed by atoms with E-state index in [1.54, 1.807) is 18.1 Å². The molecule has 3 heteroatoms. The van der Waals surface area contributed by atoms with Gasteiger partial charge in [-0.05, 0) is 38.5 Å². The lowest BCUT2D eigenvalue weighted by molar-refractivity contribution is -0.125. The summed E-state index contributed by atoms with van der Waals surface area (Å²) in [4.78, 5) is 14.6. The van der Waals surface area contributed by atoms with E-state index in [2.05, 4.69) is 6.58 Å². The van der Waals surface area contributed by atoms with E-state index in [9.17, 15) is 4.79 Å². The highest BCUT2D eigenvalue weighted by Gasteiger charge is 2.15. The standard InChI is InChI=1S/C21H26NO2/c1-6-9-11-19(10-7-2)22(21(23)17(4)8-3)16-18-12-14-20(24-5)15-13-18/h6-15H,1,16H2,2-5H3/q-1/b10-7+,17-8+,19-11+. The van der Waals surface area contributed by atoms with Gasteiger partial charge in [0.25, 0.3) is 0 Å². The number of methoxy groups -OCH3 is 1. The van der Waals surface area contributed by atoms with Crippen LogP contribution in [0.5, 0.6) is 5.75 Å². The molecule has 0 radical (unpaired) electrons. The van der Waals surface area contributed by atoms with Gasteiger partial charge >= 0.3 is 0 Å². The monoisotopic (exact) mass is 324 g/mol. The number of hydrogen-bond acceptors (Lipinski definition) is 2. The molecule has 0 aliphatic rings. The van der Waals surface area contributed by atoms with Gasteiger partial charge in [0.15, 0.2) is 0 Å². The largest absolute Gasteiger partial charge is 0.497 e. The van der Waals surface area contributed by atoms with Gasteiger partial charge in [-0.25, -0.2) is 0 Å². The molecular weight excluding hydrogens is 298 g/mol. The minimum Gasteiger partial charge on any atom is -0.497 e. The van der Waals surface area contributed by atoms with Crippen LogP contribution in [-0.2, 0) is 11.3 Å². The van der Waals surface area contributed by atoms with E-state index < -0.39 is 0 Å². The van der Waals surface area contributed by atoms with Crippen LogP contribution in [0.4, 0.5) is 0 Å². The summed E-state index contributed by atoms with van der Waals surface area (Å²) in [5, 5.41) is 0. The average Bonchev–Trinajstić information content (AvgIpc) is 2.62. The minimum atomic E-state index is -0.0184. The first-order valence-corrected chi connectivity index (χ1v) is 7.93. The molecule has 0 saturated heterocycles. The zero-order chi connectivity index (χ0) is 17.9. The molecule has 128 valence electrons. The summed E-state index contributed by atoms with van der Waals surface area (Å²) in [5.74, 6) is 0.778. The lowest BCUT2D eigenvalue weighted by Gasteiger charge is -2.29. The number of carbonyl (C=O) groups excluding carboxylic acids is 1. The molecule has 1 amide bonds. The Morgan fingerprint density at radius 1 is 1.29 bits per heavy atom. The summed E-state index contributed by atoms with van der Waals surface area (Å²) >= 11 is 0. The van der Waals surface area contributed by atoms with E-state index in [4.69, 9.17) is 4.74 Å². The second-order valence-corrected chi connectivity index (χ2v) is 5.23. The molecule has 3 nitrogen and oxygen atoms in total. The molecule has 24 heavy (non-hydrogen) atoms. The maximum Gasteiger partial charge on any atom is 0.242 e. The molecule has 0 aliphatic carbocycles. The van der Waals surface area contributed by atoms with E-state index in [1.807, 2.05) is 75.8 Å². The summed E-state index contributed by atoms with van der Waals surface area (Å²) in [6.45, 7) is 9.81. The van der Waals surface area contributed by atoms with Gasteiger partial charge in [-0.2, -0.15) is 19.1 Å². The summed E-state index contributed by atoms with van der Waals surface area (Å²) in [6.07, 6.45) is 11.1. The van der Waals surface area contributed by atoms with Gasteiger partial charge in [0.05, 0.1) is 7.11 Å². The van der Waals surface area contributed by atoms with Crippen LogP contribution in [0.3, 0.4) is 0 Å². The van der Waals surface area contributed by atoms with Crippen molar-refractivity contribution in [3.8, 4) is 5.75 Å². The predicted octanol–water partition coefficient (Wildman–Crippen LogP) is 4.84. The van der Waals surface area contributed by atoms with Gasteiger partial charge in [0.2, 0.25) is 5.91 Å². The fourth-order valence-corrected chi connectivity index (χ4v) is 2.10. The minimum absolute atomic E-state index is 0.0184. The highest BCUT2D eigenvalue weighted by atomic mass is 16.5. The van der Waals surface area contributed by atoms with Crippen LogP contribution in [0.15, 0.2) is 72.5 Å². The Balaban J connectivity index is 3.20. The fourth-order valence-electron chi connectivity index (χ4n) is 2.10. The van der Waals surface area contributed by atoms with Crippen molar-refractivity contribution in [1.82, 2.24) is 4.90 Å². The van der Waals surface area contributed by atoms with Crippen LogP contribution in [0.25, 0.3) is 0 Å². The summed E-state index contributed by atoms with van der Waals surface area (Å²) in [5.41, 5.74) is 2.55. The van der Waals surface area contributed by atoms with Crippen molar-refractivity contribution in [3.05, 3.63) is 84.5 Å². The molecule has 0 aromatic heterocycles. The Labute approximate surface area is 145 Å². The summed E-state index contributed by atoms with van der Waals surface area (Å²) in [7, 11) is 1.64. The van der Waals surface area contributed by atoms with Gasteiger partial charge < -0.3 is 9.64 Å². The van der Waals surface area contributed by atoms with Gasteiger partial charge in [0.1, 0.15) is 5.75 Å². The third kappa shape index (κ3) is 5.51. The maximum atomic E-state index is 12.8. The zero-order valence-corrected chi connectivity index (χ0v) is 15.0. The number of carbonyl (C=O) groups is 1. The lowest BCUT2D eigenvalue weighted by Crippen LogP contribution is -2.30. The second kappa shape index (κ2) is 10.2. The summed E-state index contributed by atoms with van der Waals surface area (Å²) < 4.78 is 5.19. The predicted molar refractivity (Wildman–Crippen MR) is 100 cm³/mol. The van der Waals surface area contributed by atoms with E-state index in [0.717, 1.165) is 17.0 Å². The molecule has 0 bridgehead atoms. The van der Waals surface area contributed by atoms with Crippen molar-refractivity contribution in [2.45, 2.75) is 27.3 Å². The molecule has 0 N–H and O–H groups in total. The highest BCUT2D eigenvalue weighted by Crippen LogP contribution is 2.19. The van der Waals surface area contributed by atoms with Gasteiger partial charge in [-0.1, -0.05) is 36.1 Å². The highest BCUT2D eigenvalue weighted by molar-refractivity contribution is 5.94. The van der Waals surface area contributed by atoms with Crippen LogP contribution in [-0.4, -0.2) is 17.9 Å². The van der Waals surface area contributed by atoms with Crippen molar-refractivity contribution in [2.75, 3.05) is 7.11 Å². The molecule has 0 unspecified atom stereocenters. The SMILES string of the molecule is C=C[CH-]/C=C(\C=C\C)N(Cc1ccc(OC)cc1)C(=O)/C(C)=C/C. The van der Waals surface area contributed by atoms with Crippen LogP contribution in [0.1, 0.15) is 26.3 Å². The molecule has 0 atom stereocenters. The Hall–Kier alpha value is -2.68. The molecular formula is C21H26NO2-. The summed E-state index contributed by atoms with van der Waals surface area (Å²) in [6, 6.07) is 7.73. The third-order valence-corrected chi connectivity index (χ3v) is 3.57. The number of rotatable bonds is 8. The Bertz CT molecular complexity index is 636. The van der Waals surface area contributed by atoms with Crippen molar-refractivity contribution >= 4 is 5.91 Å². The Morgan fingerprint density at radius 2 is 1.96 bits per heavy atom. The van der Waals surface area contributed by atoms with E-state index in [1.165, 1.54) is 0 Å². The number of nitrogens with zero attached hydrogens (tertiary/aromatic N) is 1. The van der Waals surface area contributed by atoms with Crippen molar-refractivity contribution < 1.29 is 9.53 Å². The first-order chi connectivity index (χ1) is 11.6.